The van der Waals surface area contributed by atoms with E-state index in [1.165, 1.54) is 0 Å². The van der Waals surface area contributed by atoms with Crippen molar-refractivity contribution in [3.05, 3.63) is 45.9 Å². The van der Waals surface area contributed by atoms with Gasteiger partial charge in [-0.05, 0) is 56.2 Å². The number of nitrogens with one attached hydrogen (secondary N) is 2. The zero-order valence-corrected chi connectivity index (χ0v) is 18.8. The molecule has 0 spiro atoms. The summed E-state index contributed by atoms with van der Waals surface area (Å²) in [7, 11) is 0. The Bertz CT molecular complexity index is 883. The van der Waals surface area contributed by atoms with Crippen LogP contribution in [-0.4, -0.2) is 25.0 Å². The highest BCUT2D eigenvalue weighted by Gasteiger charge is 2.14. The molecule has 7 heteroatoms. The van der Waals surface area contributed by atoms with Crippen LogP contribution in [0.2, 0.25) is 0 Å². The molecule has 156 valence electrons. The minimum atomic E-state index is -0.167. The number of ether oxygens (including phenoxy) is 2. The third-order valence-corrected chi connectivity index (χ3v) is 4.92. The second-order valence-electron chi connectivity index (χ2n) is 6.41. The number of carbonyl (C=O) groups excluding carboxylic acids is 2. The summed E-state index contributed by atoms with van der Waals surface area (Å²) >= 11 is 3.51. The van der Waals surface area contributed by atoms with E-state index in [0.29, 0.717) is 42.5 Å². The molecule has 0 unspecified atom stereocenters. The molecular formula is C22H27BrN2O4. The predicted molar refractivity (Wildman–Crippen MR) is 119 cm³/mol. The molecule has 2 aromatic rings. The fraction of sp³-hybridized carbons (Fsp3) is 0.364. The van der Waals surface area contributed by atoms with Gasteiger partial charge in [-0.25, -0.2) is 0 Å². The molecule has 0 fully saturated rings. The standard InChI is InChI=1S/C22H27BrN2O4/c1-5-21(26)24-16-9-8-14(4)18(12-16)25-22(27)11-15-10-19(28-6-2)20(29-7-3)13-17(15)23/h8-10,12-13H,5-7,11H2,1-4H3,(H,24,26)(H,25,27). The molecule has 29 heavy (non-hydrogen) atoms. The number of halogens is 1. The maximum atomic E-state index is 12.7. The summed E-state index contributed by atoms with van der Waals surface area (Å²) in [5, 5.41) is 5.73. The van der Waals surface area contributed by atoms with Gasteiger partial charge >= 0.3 is 0 Å². The number of benzene rings is 2. The van der Waals surface area contributed by atoms with Crippen LogP contribution in [0, 0.1) is 6.92 Å². The molecule has 0 saturated heterocycles. The van der Waals surface area contributed by atoms with Gasteiger partial charge in [-0.2, -0.15) is 0 Å². The van der Waals surface area contributed by atoms with Gasteiger partial charge in [0.1, 0.15) is 0 Å². The Balaban J connectivity index is 2.17. The number of anilines is 2. The van der Waals surface area contributed by atoms with Crippen LogP contribution in [0.5, 0.6) is 11.5 Å². The maximum Gasteiger partial charge on any atom is 0.228 e. The fourth-order valence-electron chi connectivity index (χ4n) is 2.70. The van der Waals surface area contributed by atoms with Gasteiger partial charge in [0, 0.05) is 22.3 Å². The molecule has 2 rings (SSSR count). The summed E-state index contributed by atoms with van der Waals surface area (Å²) in [6.45, 7) is 8.53. The van der Waals surface area contributed by atoms with Crippen molar-refractivity contribution in [1.29, 1.82) is 0 Å². The lowest BCUT2D eigenvalue weighted by atomic mass is 10.1. The third kappa shape index (κ3) is 6.49. The topological polar surface area (TPSA) is 76.7 Å². The van der Waals surface area contributed by atoms with E-state index in [1.54, 1.807) is 13.0 Å². The van der Waals surface area contributed by atoms with Crippen LogP contribution in [0.1, 0.15) is 38.3 Å². The fourth-order valence-corrected chi connectivity index (χ4v) is 3.16. The Morgan fingerprint density at radius 2 is 1.59 bits per heavy atom. The molecule has 2 aromatic carbocycles. The molecule has 0 aliphatic carbocycles. The highest BCUT2D eigenvalue weighted by atomic mass is 79.9. The lowest BCUT2D eigenvalue weighted by Crippen LogP contribution is -2.16. The number of carbonyl (C=O) groups is 2. The Morgan fingerprint density at radius 3 is 2.21 bits per heavy atom. The second-order valence-corrected chi connectivity index (χ2v) is 7.27. The van der Waals surface area contributed by atoms with Crippen molar-refractivity contribution in [1.82, 2.24) is 0 Å². The van der Waals surface area contributed by atoms with Crippen LogP contribution in [0.3, 0.4) is 0 Å². The summed E-state index contributed by atoms with van der Waals surface area (Å²) in [5.41, 5.74) is 3.02. The van der Waals surface area contributed by atoms with E-state index < -0.39 is 0 Å². The van der Waals surface area contributed by atoms with Crippen molar-refractivity contribution in [2.75, 3.05) is 23.8 Å². The number of aryl methyl sites for hydroxylation is 1. The maximum absolute atomic E-state index is 12.7. The van der Waals surface area contributed by atoms with Crippen molar-refractivity contribution in [3.8, 4) is 11.5 Å². The van der Waals surface area contributed by atoms with Crippen molar-refractivity contribution < 1.29 is 19.1 Å². The molecule has 2 amide bonds. The summed E-state index contributed by atoms with van der Waals surface area (Å²) in [6.07, 6.45) is 0.557. The van der Waals surface area contributed by atoms with Gasteiger partial charge in [0.2, 0.25) is 11.8 Å². The van der Waals surface area contributed by atoms with Gasteiger partial charge < -0.3 is 20.1 Å². The van der Waals surface area contributed by atoms with E-state index in [-0.39, 0.29) is 18.2 Å². The van der Waals surface area contributed by atoms with E-state index in [4.69, 9.17) is 9.47 Å². The Kier molecular flexibility index (Phi) is 8.51. The normalized spacial score (nSPS) is 10.4. The first-order valence-corrected chi connectivity index (χ1v) is 10.5. The second kappa shape index (κ2) is 10.9. The van der Waals surface area contributed by atoms with Crippen LogP contribution in [0.25, 0.3) is 0 Å². The molecule has 0 heterocycles. The Labute approximate surface area is 180 Å². The van der Waals surface area contributed by atoms with Gasteiger partial charge in [-0.3, -0.25) is 9.59 Å². The van der Waals surface area contributed by atoms with Crippen LogP contribution < -0.4 is 20.1 Å². The molecule has 0 aliphatic rings. The number of amides is 2. The monoisotopic (exact) mass is 462 g/mol. The minimum absolute atomic E-state index is 0.0760. The number of hydrogen-bond donors (Lipinski definition) is 2. The van der Waals surface area contributed by atoms with Crippen molar-refractivity contribution in [2.45, 2.75) is 40.5 Å². The Hall–Kier alpha value is -2.54. The van der Waals surface area contributed by atoms with Gasteiger partial charge in [-0.15, -0.1) is 0 Å². The van der Waals surface area contributed by atoms with Gasteiger partial charge in [0.15, 0.2) is 11.5 Å². The van der Waals surface area contributed by atoms with E-state index in [1.807, 2.05) is 45.0 Å². The lowest BCUT2D eigenvalue weighted by Gasteiger charge is -2.15. The average molecular weight is 463 g/mol. The SMILES string of the molecule is CCOc1cc(Br)c(CC(=O)Nc2cc(NC(=O)CC)ccc2C)cc1OCC. The predicted octanol–water partition coefficient (Wildman–Crippen LogP) is 5.08. The zero-order valence-electron chi connectivity index (χ0n) is 17.2. The molecule has 2 N–H and O–H groups in total. The molecule has 0 atom stereocenters. The molecule has 0 saturated carbocycles. The minimum Gasteiger partial charge on any atom is -0.490 e. The van der Waals surface area contributed by atoms with Crippen molar-refractivity contribution in [3.63, 3.8) is 0 Å². The molecule has 0 bridgehead atoms. The molecule has 0 aromatic heterocycles. The summed E-state index contributed by atoms with van der Waals surface area (Å²) < 4.78 is 12.0. The largest absolute Gasteiger partial charge is 0.490 e. The third-order valence-electron chi connectivity index (χ3n) is 4.18. The highest BCUT2D eigenvalue weighted by molar-refractivity contribution is 9.10. The summed E-state index contributed by atoms with van der Waals surface area (Å²) in [6, 6.07) is 9.09. The first kappa shape index (κ1) is 22.7. The summed E-state index contributed by atoms with van der Waals surface area (Å²) in [4.78, 5) is 24.3. The van der Waals surface area contributed by atoms with Crippen molar-refractivity contribution in [2.24, 2.45) is 0 Å². The molecule has 0 radical (unpaired) electrons. The number of hydrogen-bond acceptors (Lipinski definition) is 4. The zero-order chi connectivity index (χ0) is 21.4. The lowest BCUT2D eigenvalue weighted by molar-refractivity contribution is -0.116. The van der Waals surface area contributed by atoms with E-state index in [0.717, 1.165) is 15.6 Å². The molecule has 6 nitrogen and oxygen atoms in total. The van der Waals surface area contributed by atoms with Crippen LogP contribution in [0.15, 0.2) is 34.8 Å². The smallest absolute Gasteiger partial charge is 0.228 e. The first-order chi connectivity index (χ1) is 13.9. The van der Waals surface area contributed by atoms with Crippen LogP contribution in [-0.2, 0) is 16.0 Å². The average Bonchev–Trinajstić information content (AvgIpc) is 2.68. The van der Waals surface area contributed by atoms with Gasteiger partial charge in [-0.1, -0.05) is 28.9 Å². The van der Waals surface area contributed by atoms with Gasteiger partial charge in [0.05, 0.1) is 19.6 Å². The van der Waals surface area contributed by atoms with E-state index in [2.05, 4.69) is 26.6 Å². The summed E-state index contributed by atoms with van der Waals surface area (Å²) in [5.74, 6) is 1.01. The van der Waals surface area contributed by atoms with Crippen LogP contribution >= 0.6 is 15.9 Å². The van der Waals surface area contributed by atoms with Crippen molar-refractivity contribution >= 4 is 39.1 Å². The first-order valence-electron chi connectivity index (χ1n) is 9.66. The van der Waals surface area contributed by atoms with E-state index in [9.17, 15) is 9.59 Å². The quantitative estimate of drug-likeness (QED) is 0.544. The highest BCUT2D eigenvalue weighted by Crippen LogP contribution is 2.34. The van der Waals surface area contributed by atoms with Crippen LogP contribution in [0.4, 0.5) is 11.4 Å². The molecular weight excluding hydrogens is 436 g/mol. The van der Waals surface area contributed by atoms with Gasteiger partial charge in [0.25, 0.3) is 0 Å². The Morgan fingerprint density at radius 1 is 0.931 bits per heavy atom. The van der Waals surface area contributed by atoms with E-state index >= 15 is 0 Å². The molecule has 0 aliphatic heterocycles. The number of rotatable bonds is 9.